The van der Waals surface area contributed by atoms with Crippen LogP contribution in [0.25, 0.3) is 0 Å². The largest absolute Gasteiger partial charge is 0.385 e. The number of carbonyl (C=O) groups excluding carboxylic acids is 1. The fourth-order valence-corrected chi connectivity index (χ4v) is 2.30. The molecular weight excluding hydrogens is 220 g/mol. The van der Waals surface area contributed by atoms with Crippen molar-refractivity contribution in [2.24, 2.45) is 5.73 Å². The van der Waals surface area contributed by atoms with Crippen LogP contribution >= 0.6 is 0 Å². The minimum Gasteiger partial charge on any atom is -0.385 e. The number of amidine groups is 1. The van der Waals surface area contributed by atoms with Crippen LogP contribution in [0.15, 0.2) is 0 Å². The van der Waals surface area contributed by atoms with E-state index in [1.54, 1.807) is 4.90 Å². The number of nitrogens with zero attached hydrogens (tertiary/aromatic N) is 2. The summed E-state index contributed by atoms with van der Waals surface area (Å²) in [5.41, 5.74) is 5.41. The molecule has 2 amide bonds. The summed E-state index contributed by atoms with van der Waals surface area (Å²) in [4.78, 5) is 15.9. The lowest BCUT2D eigenvalue weighted by Gasteiger charge is -2.37. The molecule has 6 heteroatoms. The highest BCUT2D eigenvalue weighted by molar-refractivity contribution is 5.83. The fourth-order valence-electron chi connectivity index (χ4n) is 2.30. The summed E-state index contributed by atoms with van der Waals surface area (Å²) < 4.78 is 5.35. The number of rotatable bonds is 1. The molecule has 0 aliphatic carbocycles. The Morgan fingerprint density at radius 3 is 2.53 bits per heavy atom. The summed E-state index contributed by atoms with van der Waals surface area (Å²) in [6, 6.07) is 0.0688. The van der Waals surface area contributed by atoms with E-state index in [0.717, 1.165) is 25.9 Å². The van der Waals surface area contributed by atoms with Crippen molar-refractivity contribution in [3.05, 3.63) is 0 Å². The molecule has 0 aromatic carbocycles. The van der Waals surface area contributed by atoms with Crippen molar-refractivity contribution >= 4 is 11.9 Å². The second-order valence-corrected chi connectivity index (χ2v) is 4.59. The molecule has 0 radical (unpaired) electrons. The van der Waals surface area contributed by atoms with Crippen LogP contribution in [0, 0.1) is 5.41 Å². The van der Waals surface area contributed by atoms with Crippen molar-refractivity contribution in [1.29, 1.82) is 5.41 Å². The Labute approximate surface area is 101 Å². The molecule has 2 aliphatic rings. The van der Waals surface area contributed by atoms with Crippen molar-refractivity contribution < 1.29 is 9.53 Å². The van der Waals surface area contributed by atoms with Gasteiger partial charge in [0.15, 0.2) is 0 Å². The highest BCUT2D eigenvalue weighted by Gasteiger charge is 2.29. The van der Waals surface area contributed by atoms with Gasteiger partial charge >= 0.3 is 6.03 Å². The molecule has 2 aliphatic heterocycles. The first-order valence-corrected chi connectivity index (χ1v) is 6.18. The molecule has 17 heavy (non-hydrogen) atoms. The second-order valence-electron chi connectivity index (χ2n) is 4.59. The van der Waals surface area contributed by atoms with Crippen LogP contribution < -0.4 is 5.73 Å². The normalized spacial score (nSPS) is 25.8. The molecule has 1 unspecified atom stereocenters. The van der Waals surface area contributed by atoms with E-state index >= 15 is 0 Å². The molecule has 0 aromatic rings. The smallest absolute Gasteiger partial charge is 0.320 e. The molecule has 96 valence electrons. The van der Waals surface area contributed by atoms with Crippen LogP contribution in [0.1, 0.15) is 19.3 Å². The van der Waals surface area contributed by atoms with Gasteiger partial charge in [0.25, 0.3) is 0 Å². The van der Waals surface area contributed by atoms with Crippen molar-refractivity contribution in [2.75, 3.05) is 32.8 Å². The van der Waals surface area contributed by atoms with Gasteiger partial charge in [-0.3, -0.25) is 5.41 Å². The van der Waals surface area contributed by atoms with E-state index in [9.17, 15) is 4.79 Å². The first kappa shape index (κ1) is 12.2. The van der Waals surface area contributed by atoms with Crippen LogP contribution in [-0.2, 0) is 4.74 Å². The number of nitrogens with two attached hydrogens (primary N) is 1. The number of ether oxygens (including phenoxy) is 1. The van der Waals surface area contributed by atoms with Gasteiger partial charge in [-0.15, -0.1) is 0 Å². The number of morpholine rings is 1. The Kier molecular flexibility index (Phi) is 3.83. The van der Waals surface area contributed by atoms with Gasteiger partial charge in [-0.2, -0.15) is 0 Å². The summed E-state index contributed by atoms with van der Waals surface area (Å²) in [7, 11) is 0. The zero-order valence-electron chi connectivity index (χ0n) is 10.0. The lowest BCUT2D eigenvalue weighted by atomic mass is 10.1. The van der Waals surface area contributed by atoms with Crippen LogP contribution in [0.2, 0.25) is 0 Å². The van der Waals surface area contributed by atoms with Crippen LogP contribution in [-0.4, -0.2) is 60.6 Å². The highest BCUT2D eigenvalue weighted by atomic mass is 16.5. The zero-order valence-corrected chi connectivity index (χ0v) is 10.0. The first-order valence-electron chi connectivity index (χ1n) is 6.18. The van der Waals surface area contributed by atoms with Crippen molar-refractivity contribution in [1.82, 2.24) is 9.80 Å². The number of likely N-dealkylation sites (tertiary alicyclic amines) is 1. The third-order valence-electron chi connectivity index (χ3n) is 3.31. The van der Waals surface area contributed by atoms with E-state index in [1.165, 1.54) is 6.42 Å². The molecule has 2 heterocycles. The van der Waals surface area contributed by atoms with Gasteiger partial charge in [-0.25, -0.2) is 4.79 Å². The first-order chi connectivity index (χ1) is 8.18. The summed E-state index contributed by atoms with van der Waals surface area (Å²) in [6.45, 7) is 3.16. The molecule has 2 rings (SSSR count). The predicted molar refractivity (Wildman–Crippen MR) is 64.0 cm³/mol. The van der Waals surface area contributed by atoms with E-state index in [0.29, 0.717) is 19.7 Å². The van der Waals surface area contributed by atoms with Gasteiger partial charge in [-0.1, -0.05) is 0 Å². The van der Waals surface area contributed by atoms with Crippen molar-refractivity contribution in [3.8, 4) is 0 Å². The summed E-state index contributed by atoms with van der Waals surface area (Å²) in [5.74, 6) is 0.00106. The number of carbonyl (C=O) groups is 1. The topological polar surface area (TPSA) is 82.7 Å². The standard InChI is InChI=1S/C11H20N4O2/c12-10(13)9-8-15(6-7-17-9)11(16)14-4-2-1-3-5-14/h9H,1-8H2,(H3,12,13). The maximum Gasteiger partial charge on any atom is 0.320 e. The van der Waals surface area contributed by atoms with E-state index in [4.69, 9.17) is 15.9 Å². The van der Waals surface area contributed by atoms with Crippen molar-refractivity contribution in [3.63, 3.8) is 0 Å². The average molecular weight is 240 g/mol. The number of piperidine rings is 1. The number of nitrogens with one attached hydrogen (secondary N) is 1. The van der Waals surface area contributed by atoms with Crippen LogP contribution in [0.5, 0.6) is 0 Å². The summed E-state index contributed by atoms with van der Waals surface area (Å²) in [6.07, 6.45) is 2.96. The Morgan fingerprint density at radius 2 is 1.88 bits per heavy atom. The monoisotopic (exact) mass is 240 g/mol. The molecule has 1 atom stereocenters. The molecule has 0 bridgehead atoms. The Morgan fingerprint density at radius 1 is 1.18 bits per heavy atom. The van der Waals surface area contributed by atoms with Crippen LogP contribution in [0.3, 0.4) is 0 Å². The predicted octanol–water partition coefficient (Wildman–Crippen LogP) is 0.229. The van der Waals surface area contributed by atoms with Gasteiger partial charge in [0.05, 0.1) is 13.2 Å². The second kappa shape index (κ2) is 5.35. The zero-order chi connectivity index (χ0) is 12.3. The highest BCUT2D eigenvalue weighted by Crippen LogP contribution is 2.13. The maximum absolute atomic E-state index is 12.2. The van der Waals surface area contributed by atoms with Gasteiger partial charge in [0, 0.05) is 19.6 Å². The van der Waals surface area contributed by atoms with Gasteiger partial charge in [0.1, 0.15) is 11.9 Å². The maximum atomic E-state index is 12.2. The molecule has 2 saturated heterocycles. The molecule has 3 N–H and O–H groups in total. The molecule has 2 fully saturated rings. The minimum atomic E-state index is -0.433. The minimum absolute atomic E-state index is 0.00106. The molecule has 0 spiro atoms. The van der Waals surface area contributed by atoms with E-state index in [2.05, 4.69) is 0 Å². The van der Waals surface area contributed by atoms with Crippen molar-refractivity contribution in [2.45, 2.75) is 25.4 Å². The number of amides is 2. The number of hydrogen-bond acceptors (Lipinski definition) is 3. The molecule has 0 saturated carbocycles. The van der Waals surface area contributed by atoms with E-state index in [1.807, 2.05) is 4.90 Å². The quantitative estimate of drug-likeness (QED) is 0.508. The molecule has 0 aromatic heterocycles. The Hall–Kier alpha value is -1.30. The lowest BCUT2D eigenvalue weighted by molar-refractivity contribution is 0.0127. The summed E-state index contributed by atoms with van der Waals surface area (Å²) in [5, 5.41) is 7.37. The molecule has 6 nitrogen and oxygen atoms in total. The van der Waals surface area contributed by atoms with Gasteiger partial charge in [0.2, 0.25) is 0 Å². The van der Waals surface area contributed by atoms with Gasteiger partial charge < -0.3 is 20.3 Å². The van der Waals surface area contributed by atoms with Crippen LogP contribution in [0.4, 0.5) is 4.79 Å². The number of hydrogen-bond donors (Lipinski definition) is 2. The van der Waals surface area contributed by atoms with Gasteiger partial charge in [-0.05, 0) is 19.3 Å². The Bertz CT molecular complexity index is 302. The fraction of sp³-hybridized carbons (Fsp3) is 0.818. The van der Waals surface area contributed by atoms with E-state index in [-0.39, 0.29) is 11.9 Å². The number of urea groups is 1. The molecular formula is C11H20N4O2. The lowest BCUT2D eigenvalue weighted by Crippen LogP contribution is -2.54. The summed E-state index contributed by atoms with van der Waals surface area (Å²) >= 11 is 0. The SMILES string of the molecule is N=C(N)C1CN(C(=O)N2CCCCC2)CCO1. The third kappa shape index (κ3) is 2.88. The Balaban J connectivity index is 1.91. The third-order valence-corrected chi connectivity index (χ3v) is 3.31. The van der Waals surface area contributed by atoms with E-state index < -0.39 is 6.10 Å². The average Bonchev–Trinajstić information content (AvgIpc) is 2.39.